The maximum absolute atomic E-state index is 12.5. The van der Waals surface area contributed by atoms with E-state index in [1.54, 1.807) is 6.92 Å². The molecule has 0 bridgehead atoms. The zero-order chi connectivity index (χ0) is 15.5. The zero-order valence-electron chi connectivity index (χ0n) is 11.9. The first-order chi connectivity index (χ1) is 9.90. The molecule has 0 unspecified atom stereocenters. The Morgan fingerprint density at radius 1 is 1.48 bits per heavy atom. The highest BCUT2D eigenvalue weighted by molar-refractivity contribution is 5.17. The molecule has 0 amide bonds. The molecule has 0 radical (unpaired) electrons. The molecule has 1 aliphatic heterocycles. The highest BCUT2D eigenvalue weighted by atomic mass is 19.4. The van der Waals surface area contributed by atoms with Gasteiger partial charge in [-0.15, -0.1) is 0 Å². The fourth-order valence-electron chi connectivity index (χ4n) is 2.31. The van der Waals surface area contributed by atoms with Crippen LogP contribution in [0.25, 0.3) is 0 Å². The van der Waals surface area contributed by atoms with Crippen LogP contribution >= 0.6 is 0 Å². The molecule has 1 aromatic rings. The Hall–Kier alpha value is -1.25. The maximum atomic E-state index is 12.5. The van der Waals surface area contributed by atoms with Gasteiger partial charge in [0, 0.05) is 37.1 Å². The average Bonchev–Trinajstić information content (AvgIpc) is 2.41. The summed E-state index contributed by atoms with van der Waals surface area (Å²) >= 11 is 0. The summed E-state index contributed by atoms with van der Waals surface area (Å²) in [6.07, 6.45) is -2.38. The van der Waals surface area contributed by atoms with Crippen molar-refractivity contribution in [2.45, 2.75) is 32.2 Å². The average molecular weight is 304 g/mol. The van der Waals surface area contributed by atoms with Gasteiger partial charge in [0.1, 0.15) is 0 Å². The summed E-state index contributed by atoms with van der Waals surface area (Å²) in [5.41, 5.74) is 6.58. The fraction of sp³-hybridized carbons (Fsp3) is 0.692. The third-order valence-corrected chi connectivity index (χ3v) is 3.44. The molecule has 2 N–H and O–H groups in total. The Morgan fingerprint density at radius 3 is 2.86 bits per heavy atom. The van der Waals surface area contributed by atoms with Crippen molar-refractivity contribution in [2.24, 2.45) is 5.73 Å². The molecule has 2 heterocycles. The number of rotatable bonds is 4. The van der Waals surface area contributed by atoms with Crippen LogP contribution in [0.1, 0.15) is 23.5 Å². The first-order valence-corrected chi connectivity index (χ1v) is 6.84. The van der Waals surface area contributed by atoms with E-state index in [4.69, 9.17) is 10.5 Å². The van der Waals surface area contributed by atoms with Crippen LogP contribution in [-0.4, -0.2) is 47.2 Å². The van der Waals surface area contributed by atoms with Gasteiger partial charge < -0.3 is 10.5 Å². The Morgan fingerprint density at radius 2 is 2.24 bits per heavy atom. The Balaban J connectivity index is 2.02. The van der Waals surface area contributed by atoms with Crippen LogP contribution in [0.3, 0.4) is 0 Å². The van der Waals surface area contributed by atoms with E-state index in [-0.39, 0.29) is 6.10 Å². The number of morpholine rings is 1. The minimum absolute atomic E-state index is 0.0828. The summed E-state index contributed by atoms with van der Waals surface area (Å²) in [5.74, 6) is -1.09. The van der Waals surface area contributed by atoms with Gasteiger partial charge in [-0.1, -0.05) is 0 Å². The van der Waals surface area contributed by atoms with Gasteiger partial charge in [0.25, 0.3) is 0 Å². The molecule has 1 aromatic heterocycles. The van der Waals surface area contributed by atoms with Crippen molar-refractivity contribution in [1.82, 2.24) is 14.9 Å². The molecule has 0 aliphatic carbocycles. The molecular weight excluding hydrogens is 285 g/mol. The molecule has 1 aliphatic rings. The maximum Gasteiger partial charge on any atom is 0.451 e. The minimum atomic E-state index is -4.51. The molecule has 21 heavy (non-hydrogen) atoms. The van der Waals surface area contributed by atoms with Gasteiger partial charge in [0.05, 0.1) is 12.7 Å². The van der Waals surface area contributed by atoms with E-state index in [9.17, 15) is 13.2 Å². The summed E-state index contributed by atoms with van der Waals surface area (Å²) in [6.45, 7) is 4.71. The van der Waals surface area contributed by atoms with Crippen LogP contribution < -0.4 is 5.73 Å². The summed E-state index contributed by atoms with van der Waals surface area (Å²) in [4.78, 5) is 9.10. The van der Waals surface area contributed by atoms with Gasteiger partial charge in [0.2, 0.25) is 5.82 Å². The lowest BCUT2D eigenvalue weighted by atomic mass is 10.1. The summed E-state index contributed by atoms with van der Waals surface area (Å²) in [5, 5.41) is 0. The molecular formula is C13H19F3N4O. The second-order valence-electron chi connectivity index (χ2n) is 5.11. The predicted octanol–water partition coefficient (Wildman–Crippen LogP) is 1.35. The predicted molar refractivity (Wildman–Crippen MR) is 70.5 cm³/mol. The number of aryl methyl sites for hydroxylation is 1. The lowest BCUT2D eigenvalue weighted by Gasteiger charge is -2.33. The minimum Gasteiger partial charge on any atom is -0.376 e. The molecule has 118 valence electrons. The second-order valence-corrected chi connectivity index (χ2v) is 5.11. The van der Waals surface area contributed by atoms with Crippen molar-refractivity contribution in [3.8, 4) is 0 Å². The van der Waals surface area contributed by atoms with Gasteiger partial charge in [-0.25, -0.2) is 9.97 Å². The van der Waals surface area contributed by atoms with E-state index in [0.29, 0.717) is 31.0 Å². The monoisotopic (exact) mass is 304 g/mol. The van der Waals surface area contributed by atoms with Gasteiger partial charge >= 0.3 is 6.18 Å². The van der Waals surface area contributed by atoms with E-state index in [1.807, 2.05) is 0 Å². The second kappa shape index (κ2) is 6.67. The van der Waals surface area contributed by atoms with Crippen molar-refractivity contribution >= 4 is 0 Å². The van der Waals surface area contributed by atoms with Crippen LogP contribution in [0.5, 0.6) is 0 Å². The SMILES string of the molecule is Cc1nc(C(F)(F)F)ncc1CN1CCO[C@H](CCN)C1. The zero-order valence-corrected chi connectivity index (χ0v) is 11.9. The number of ether oxygens (including phenoxy) is 1. The van der Waals surface area contributed by atoms with Crippen LogP contribution in [0, 0.1) is 6.92 Å². The number of alkyl halides is 3. The number of nitrogens with two attached hydrogens (primary N) is 1. The quantitative estimate of drug-likeness (QED) is 0.910. The smallest absolute Gasteiger partial charge is 0.376 e. The molecule has 2 rings (SSSR count). The third kappa shape index (κ3) is 4.36. The van der Waals surface area contributed by atoms with E-state index in [2.05, 4.69) is 14.9 Å². The van der Waals surface area contributed by atoms with E-state index < -0.39 is 12.0 Å². The molecule has 0 aromatic carbocycles. The molecule has 0 saturated carbocycles. The van der Waals surface area contributed by atoms with Crippen molar-refractivity contribution in [3.63, 3.8) is 0 Å². The fourth-order valence-corrected chi connectivity index (χ4v) is 2.31. The molecule has 1 fully saturated rings. The third-order valence-electron chi connectivity index (χ3n) is 3.44. The van der Waals surface area contributed by atoms with E-state index in [0.717, 1.165) is 19.5 Å². The topological polar surface area (TPSA) is 64.3 Å². The van der Waals surface area contributed by atoms with Gasteiger partial charge in [-0.05, 0) is 19.9 Å². The Labute approximate surface area is 121 Å². The molecule has 8 heteroatoms. The summed E-state index contributed by atoms with van der Waals surface area (Å²) in [7, 11) is 0. The lowest BCUT2D eigenvalue weighted by molar-refractivity contribution is -0.145. The molecule has 1 saturated heterocycles. The largest absolute Gasteiger partial charge is 0.451 e. The van der Waals surface area contributed by atoms with Crippen molar-refractivity contribution in [3.05, 3.63) is 23.3 Å². The highest BCUT2D eigenvalue weighted by Crippen LogP contribution is 2.26. The summed E-state index contributed by atoms with van der Waals surface area (Å²) < 4.78 is 43.2. The van der Waals surface area contributed by atoms with Crippen LogP contribution in [0.2, 0.25) is 0 Å². The number of halogens is 3. The van der Waals surface area contributed by atoms with Gasteiger partial charge in [-0.2, -0.15) is 13.2 Å². The first-order valence-electron chi connectivity index (χ1n) is 6.84. The molecule has 1 atom stereocenters. The standard InChI is InChI=1S/C13H19F3N4O/c1-9-10(6-18-12(19-9)13(14,15)16)7-20-4-5-21-11(8-20)2-3-17/h6,11H,2-5,7-8,17H2,1H3/t11-/m1/s1. The lowest BCUT2D eigenvalue weighted by Crippen LogP contribution is -2.42. The number of hydrogen-bond acceptors (Lipinski definition) is 5. The van der Waals surface area contributed by atoms with Crippen molar-refractivity contribution < 1.29 is 17.9 Å². The number of nitrogens with zero attached hydrogens (tertiary/aromatic N) is 3. The van der Waals surface area contributed by atoms with Crippen molar-refractivity contribution in [1.29, 1.82) is 0 Å². The summed E-state index contributed by atoms with van der Waals surface area (Å²) in [6, 6.07) is 0. The van der Waals surface area contributed by atoms with Crippen LogP contribution in [0.15, 0.2) is 6.20 Å². The van der Waals surface area contributed by atoms with Crippen LogP contribution in [-0.2, 0) is 17.5 Å². The number of aromatic nitrogens is 2. The molecule has 0 spiro atoms. The van der Waals surface area contributed by atoms with Crippen molar-refractivity contribution in [2.75, 3.05) is 26.2 Å². The van der Waals surface area contributed by atoms with Crippen LogP contribution in [0.4, 0.5) is 13.2 Å². The van der Waals surface area contributed by atoms with E-state index >= 15 is 0 Å². The highest BCUT2D eigenvalue weighted by Gasteiger charge is 2.35. The van der Waals surface area contributed by atoms with E-state index in [1.165, 1.54) is 6.20 Å². The molecule has 5 nitrogen and oxygen atoms in total. The Kier molecular flexibility index (Phi) is 5.13. The first kappa shape index (κ1) is 16.1. The number of hydrogen-bond donors (Lipinski definition) is 1. The van der Waals surface area contributed by atoms with Gasteiger partial charge in [-0.3, -0.25) is 4.90 Å². The Bertz CT molecular complexity index is 479. The van der Waals surface area contributed by atoms with Gasteiger partial charge in [0.15, 0.2) is 0 Å². The normalized spacial score (nSPS) is 20.7.